The highest BCUT2D eigenvalue weighted by molar-refractivity contribution is 9.08. The van der Waals surface area contributed by atoms with Crippen molar-refractivity contribution in [3.05, 3.63) is 53.8 Å². The summed E-state index contributed by atoms with van der Waals surface area (Å²) in [6.07, 6.45) is 0. The summed E-state index contributed by atoms with van der Waals surface area (Å²) >= 11 is 3.34. The molecule has 2 nitrogen and oxygen atoms in total. The first kappa shape index (κ1) is 13.9. The molecule has 0 bridgehead atoms. The molecule has 4 heteroatoms. The van der Waals surface area contributed by atoms with Crippen LogP contribution in [0.5, 0.6) is 11.5 Å². The first-order valence-corrected chi connectivity index (χ1v) is 7.02. The number of hydrogen-bond acceptors (Lipinski definition) is 2. The first-order chi connectivity index (χ1) is 9.11. The van der Waals surface area contributed by atoms with E-state index in [1.165, 1.54) is 6.07 Å². The van der Waals surface area contributed by atoms with Crippen LogP contribution in [0, 0.1) is 5.82 Å². The van der Waals surface area contributed by atoms with Crippen LogP contribution in [0.25, 0.3) is 0 Å². The molecule has 0 aliphatic carbocycles. The summed E-state index contributed by atoms with van der Waals surface area (Å²) < 4.78 is 19.5. The lowest BCUT2D eigenvalue weighted by molar-refractivity contribution is 0.438. The van der Waals surface area contributed by atoms with Crippen LogP contribution in [0.1, 0.15) is 5.56 Å². The van der Waals surface area contributed by atoms with Crippen molar-refractivity contribution in [3.63, 3.8) is 0 Å². The maximum atomic E-state index is 13.8. The minimum absolute atomic E-state index is 0.273. The van der Waals surface area contributed by atoms with Crippen molar-refractivity contribution in [2.75, 3.05) is 19.0 Å². The van der Waals surface area contributed by atoms with Gasteiger partial charge in [0.05, 0.1) is 0 Å². The van der Waals surface area contributed by atoms with Crippen molar-refractivity contribution < 1.29 is 9.13 Å². The number of para-hydroxylation sites is 1. The molecule has 0 N–H and O–H groups in total. The van der Waals surface area contributed by atoms with E-state index in [2.05, 4.69) is 15.9 Å². The van der Waals surface area contributed by atoms with Gasteiger partial charge < -0.3 is 9.64 Å². The summed E-state index contributed by atoms with van der Waals surface area (Å²) in [5, 5.41) is 0.549. The molecule has 0 spiro atoms. The standard InChI is InChI=1S/C15H15BrFNO/c1-18(2)12-6-4-7-13(9-12)19-15-11(10-16)5-3-8-14(15)17/h3-9H,10H2,1-2H3. The number of rotatable bonds is 4. The van der Waals surface area contributed by atoms with E-state index in [0.29, 0.717) is 11.1 Å². The van der Waals surface area contributed by atoms with Gasteiger partial charge >= 0.3 is 0 Å². The fourth-order valence-electron chi connectivity index (χ4n) is 1.72. The zero-order valence-electron chi connectivity index (χ0n) is 10.9. The Morgan fingerprint density at radius 2 is 1.89 bits per heavy atom. The van der Waals surface area contributed by atoms with Crippen LogP contribution >= 0.6 is 15.9 Å². The normalized spacial score (nSPS) is 10.3. The third-order valence-corrected chi connectivity index (χ3v) is 3.35. The number of hydrogen-bond donors (Lipinski definition) is 0. The van der Waals surface area contributed by atoms with Crippen molar-refractivity contribution in [2.24, 2.45) is 0 Å². The van der Waals surface area contributed by atoms with Crippen LogP contribution in [0.2, 0.25) is 0 Å². The largest absolute Gasteiger partial charge is 0.454 e. The van der Waals surface area contributed by atoms with Gasteiger partial charge in [0, 0.05) is 36.7 Å². The molecule has 0 heterocycles. The van der Waals surface area contributed by atoms with Gasteiger partial charge in [-0.1, -0.05) is 34.1 Å². The van der Waals surface area contributed by atoms with Crippen LogP contribution in [0.3, 0.4) is 0 Å². The van der Waals surface area contributed by atoms with Gasteiger partial charge in [-0.2, -0.15) is 0 Å². The molecule has 100 valence electrons. The van der Waals surface area contributed by atoms with Gasteiger partial charge in [0.15, 0.2) is 11.6 Å². The van der Waals surface area contributed by atoms with E-state index in [-0.39, 0.29) is 11.6 Å². The molecule has 19 heavy (non-hydrogen) atoms. The van der Waals surface area contributed by atoms with Gasteiger partial charge in [-0.3, -0.25) is 0 Å². The average molecular weight is 324 g/mol. The van der Waals surface area contributed by atoms with Crippen LogP contribution < -0.4 is 9.64 Å². The second-order valence-corrected chi connectivity index (χ2v) is 4.92. The van der Waals surface area contributed by atoms with E-state index >= 15 is 0 Å². The minimum atomic E-state index is -0.354. The summed E-state index contributed by atoms with van der Waals surface area (Å²) in [5.41, 5.74) is 1.80. The van der Waals surface area contributed by atoms with Gasteiger partial charge in [0.25, 0.3) is 0 Å². The second-order valence-electron chi connectivity index (χ2n) is 4.36. The van der Waals surface area contributed by atoms with Crippen molar-refractivity contribution in [3.8, 4) is 11.5 Å². The molecular formula is C15H15BrFNO. The third-order valence-electron chi connectivity index (χ3n) is 2.75. The topological polar surface area (TPSA) is 12.5 Å². The summed E-state index contributed by atoms with van der Waals surface area (Å²) in [4.78, 5) is 1.97. The van der Waals surface area contributed by atoms with Crippen molar-refractivity contribution >= 4 is 21.6 Å². The predicted octanol–water partition coefficient (Wildman–Crippen LogP) is 4.58. The van der Waals surface area contributed by atoms with Gasteiger partial charge in [-0.05, 0) is 18.2 Å². The van der Waals surface area contributed by atoms with E-state index in [1.807, 2.05) is 49.3 Å². The molecular weight excluding hydrogens is 309 g/mol. The van der Waals surface area contributed by atoms with Crippen LogP contribution in [0.4, 0.5) is 10.1 Å². The zero-order valence-corrected chi connectivity index (χ0v) is 12.4. The molecule has 2 rings (SSSR count). The number of halogens is 2. The van der Waals surface area contributed by atoms with Gasteiger partial charge in [-0.25, -0.2) is 4.39 Å². The van der Waals surface area contributed by atoms with E-state index in [1.54, 1.807) is 6.07 Å². The van der Waals surface area contributed by atoms with Crippen LogP contribution in [-0.4, -0.2) is 14.1 Å². The number of benzene rings is 2. The number of nitrogens with zero attached hydrogens (tertiary/aromatic N) is 1. The lowest BCUT2D eigenvalue weighted by atomic mass is 10.2. The maximum absolute atomic E-state index is 13.8. The molecule has 0 amide bonds. The molecule has 0 aliphatic rings. The molecule has 0 aliphatic heterocycles. The van der Waals surface area contributed by atoms with Crippen LogP contribution in [-0.2, 0) is 5.33 Å². The lowest BCUT2D eigenvalue weighted by Gasteiger charge is -2.15. The summed E-state index contributed by atoms with van der Waals surface area (Å²) in [5.74, 6) is 0.543. The first-order valence-electron chi connectivity index (χ1n) is 5.90. The van der Waals surface area contributed by atoms with Gasteiger partial charge in [0.1, 0.15) is 5.75 Å². The van der Waals surface area contributed by atoms with Gasteiger partial charge in [-0.15, -0.1) is 0 Å². The summed E-state index contributed by atoms with van der Waals surface area (Å²) in [6, 6.07) is 12.5. The van der Waals surface area contributed by atoms with E-state index in [0.717, 1.165) is 11.3 Å². The number of anilines is 1. The quantitative estimate of drug-likeness (QED) is 0.764. The molecule has 0 unspecified atom stereocenters. The predicted molar refractivity (Wildman–Crippen MR) is 79.9 cm³/mol. The van der Waals surface area contributed by atoms with Crippen molar-refractivity contribution in [1.82, 2.24) is 0 Å². The highest BCUT2D eigenvalue weighted by Gasteiger charge is 2.10. The highest BCUT2D eigenvalue weighted by Crippen LogP contribution is 2.31. The smallest absolute Gasteiger partial charge is 0.167 e. The Kier molecular flexibility index (Phi) is 4.43. The number of ether oxygens (including phenoxy) is 1. The SMILES string of the molecule is CN(C)c1cccc(Oc2c(F)cccc2CBr)c1. The molecule has 0 atom stereocenters. The Morgan fingerprint density at radius 1 is 1.16 bits per heavy atom. The van der Waals surface area contributed by atoms with E-state index < -0.39 is 0 Å². The molecule has 0 aromatic heterocycles. The van der Waals surface area contributed by atoms with Gasteiger partial charge in [0.2, 0.25) is 0 Å². The Bertz CT molecular complexity index is 572. The lowest BCUT2D eigenvalue weighted by Crippen LogP contribution is -2.08. The fourth-order valence-corrected chi connectivity index (χ4v) is 2.16. The molecule has 0 radical (unpaired) electrons. The molecule has 2 aromatic carbocycles. The molecule has 2 aromatic rings. The Hall–Kier alpha value is -1.55. The molecule has 0 fully saturated rings. The van der Waals surface area contributed by atoms with E-state index in [9.17, 15) is 4.39 Å². The van der Waals surface area contributed by atoms with Crippen molar-refractivity contribution in [1.29, 1.82) is 0 Å². The summed E-state index contributed by atoms with van der Waals surface area (Å²) in [7, 11) is 3.90. The third kappa shape index (κ3) is 3.26. The Morgan fingerprint density at radius 3 is 2.58 bits per heavy atom. The van der Waals surface area contributed by atoms with Crippen LogP contribution in [0.15, 0.2) is 42.5 Å². The average Bonchev–Trinajstić information content (AvgIpc) is 2.41. The maximum Gasteiger partial charge on any atom is 0.167 e. The zero-order chi connectivity index (χ0) is 13.8. The number of alkyl halides is 1. The Labute approximate surface area is 120 Å². The summed E-state index contributed by atoms with van der Waals surface area (Å²) in [6.45, 7) is 0. The highest BCUT2D eigenvalue weighted by atomic mass is 79.9. The van der Waals surface area contributed by atoms with Crippen molar-refractivity contribution in [2.45, 2.75) is 5.33 Å². The molecule has 0 saturated carbocycles. The fraction of sp³-hybridized carbons (Fsp3) is 0.200. The Balaban J connectivity index is 2.33. The minimum Gasteiger partial charge on any atom is -0.454 e. The second kappa shape index (κ2) is 6.06. The molecule has 0 saturated heterocycles. The monoisotopic (exact) mass is 323 g/mol. The van der Waals surface area contributed by atoms with E-state index in [4.69, 9.17) is 4.74 Å².